The van der Waals surface area contributed by atoms with Crippen molar-refractivity contribution in [2.24, 2.45) is 5.41 Å². The molecule has 0 aromatic heterocycles. The van der Waals surface area contributed by atoms with E-state index in [1.807, 2.05) is 13.0 Å². The Kier molecular flexibility index (Phi) is 7.57. The summed E-state index contributed by atoms with van der Waals surface area (Å²) in [4.78, 5) is 37.0. The number of Topliss-reactive ketones (excluding diaryl/α,β-unsaturated/α-hetero) is 1. The minimum Gasteiger partial charge on any atom is -0.493 e. The highest BCUT2D eigenvalue weighted by Crippen LogP contribution is 2.48. The smallest absolute Gasteiger partial charge is 0.336 e. The molecule has 1 aliphatic heterocycles. The number of nitrogens with one attached hydrogen (secondary N) is 1. The number of hydrogen-bond donors (Lipinski definition) is 1. The second kappa shape index (κ2) is 10.7. The Bertz CT molecular complexity index is 1340. The van der Waals surface area contributed by atoms with Crippen LogP contribution < -0.4 is 14.8 Å². The minimum atomic E-state index is -0.605. The molecule has 9 heteroatoms. The summed E-state index contributed by atoms with van der Waals surface area (Å²) < 4.78 is 17.0. The summed E-state index contributed by atoms with van der Waals surface area (Å²) >= 11 is 0. The Balaban J connectivity index is 1.70. The second-order valence-electron chi connectivity index (χ2n) is 10.3. The van der Waals surface area contributed by atoms with E-state index in [2.05, 4.69) is 19.2 Å². The Hall–Kier alpha value is -4.14. The monoisotopic (exact) mass is 520 g/mol. The largest absolute Gasteiger partial charge is 0.493 e. The molecule has 0 saturated heterocycles. The zero-order chi connectivity index (χ0) is 27.6. The van der Waals surface area contributed by atoms with Gasteiger partial charge in [0.05, 0.1) is 24.2 Å². The molecule has 0 spiro atoms. The topological polar surface area (TPSA) is 117 Å². The molecule has 38 heavy (non-hydrogen) atoms. The Morgan fingerprint density at radius 3 is 2.47 bits per heavy atom. The molecular formula is C29H32N2O7. The van der Waals surface area contributed by atoms with Crippen molar-refractivity contribution in [1.82, 2.24) is 5.32 Å². The molecule has 0 fully saturated rings. The number of nitro groups is 1. The summed E-state index contributed by atoms with van der Waals surface area (Å²) in [6.45, 7) is 8.09. The fourth-order valence-electron chi connectivity index (χ4n) is 5.11. The quantitative estimate of drug-likeness (QED) is 0.281. The van der Waals surface area contributed by atoms with Gasteiger partial charge in [0.25, 0.3) is 5.69 Å². The summed E-state index contributed by atoms with van der Waals surface area (Å²) in [5.74, 6) is -0.169. The third-order valence-electron chi connectivity index (χ3n) is 6.80. The van der Waals surface area contributed by atoms with Crippen molar-refractivity contribution in [3.63, 3.8) is 0 Å². The third-order valence-corrected chi connectivity index (χ3v) is 6.80. The van der Waals surface area contributed by atoms with E-state index in [0.29, 0.717) is 46.7 Å². The number of ketones is 1. The highest BCUT2D eigenvalue weighted by atomic mass is 16.6. The maximum absolute atomic E-state index is 13.4. The van der Waals surface area contributed by atoms with Crippen LogP contribution >= 0.6 is 0 Å². The average molecular weight is 521 g/mol. The molecule has 0 radical (unpaired) electrons. The van der Waals surface area contributed by atoms with Crippen LogP contribution in [0.25, 0.3) is 0 Å². The Morgan fingerprint density at radius 1 is 1.13 bits per heavy atom. The lowest BCUT2D eigenvalue weighted by Gasteiger charge is -2.39. The van der Waals surface area contributed by atoms with Gasteiger partial charge in [-0.25, -0.2) is 4.79 Å². The van der Waals surface area contributed by atoms with Crippen LogP contribution in [0.4, 0.5) is 5.69 Å². The lowest BCUT2D eigenvalue weighted by Crippen LogP contribution is -2.38. The van der Waals surface area contributed by atoms with E-state index in [0.717, 1.165) is 11.3 Å². The molecule has 2 aromatic rings. The van der Waals surface area contributed by atoms with E-state index in [-0.39, 0.29) is 30.1 Å². The first-order chi connectivity index (χ1) is 18.0. The lowest BCUT2D eigenvalue weighted by molar-refractivity contribution is -0.384. The summed E-state index contributed by atoms with van der Waals surface area (Å²) in [6.07, 6.45) is 1.07. The van der Waals surface area contributed by atoms with Crippen LogP contribution in [0.5, 0.6) is 11.5 Å². The van der Waals surface area contributed by atoms with E-state index < -0.39 is 16.8 Å². The van der Waals surface area contributed by atoms with Crippen LogP contribution in [0.15, 0.2) is 65.0 Å². The van der Waals surface area contributed by atoms with E-state index in [4.69, 9.17) is 14.2 Å². The molecule has 2 aromatic carbocycles. The number of nitrogens with zero attached hydrogens (tertiary/aromatic N) is 1. The van der Waals surface area contributed by atoms with Crippen molar-refractivity contribution in [3.8, 4) is 11.5 Å². The number of hydrogen-bond acceptors (Lipinski definition) is 8. The van der Waals surface area contributed by atoms with Gasteiger partial charge in [-0.3, -0.25) is 14.9 Å². The van der Waals surface area contributed by atoms with Gasteiger partial charge in [0.2, 0.25) is 0 Å². The van der Waals surface area contributed by atoms with E-state index in [9.17, 15) is 19.7 Å². The van der Waals surface area contributed by atoms with E-state index >= 15 is 0 Å². The van der Waals surface area contributed by atoms with Crippen LogP contribution in [-0.2, 0) is 20.9 Å². The number of dihydropyridines is 1. The SMILES string of the molecule is CCOC(=O)C1=C(C)NC2=C(C(=O)CC(C)(C)C2)C1c1ccc(OCc2ccc([N+](=O)[O-])cc2)c(OC)c1. The van der Waals surface area contributed by atoms with Crippen LogP contribution in [0.3, 0.4) is 0 Å². The van der Waals surface area contributed by atoms with Crippen LogP contribution in [-0.4, -0.2) is 30.4 Å². The average Bonchev–Trinajstić information content (AvgIpc) is 2.86. The van der Waals surface area contributed by atoms with Gasteiger partial charge in [-0.15, -0.1) is 0 Å². The third kappa shape index (κ3) is 5.41. The number of non-ortho nitro benzene ring substituents is 1. The molecule has 2 aliphatic rings. The number of ether oxygens (including phenoxy) is 3. The van der Waals surface area contributed by atoms with Crippen molar-refractivity contribution < 1.29 is 28.7 Å². The molecule has 200 valence electrons. The fourth-order valence-corrected chi connectivity index (χ4v) is 5.11. The molecule has 0 bridgehead atoms. The zero-order valence-electron chi connectivity index (χ0n) is 22.3. The first kappa shape index (κ1) is 26.9. The molecular weight excluding hydrogens is 488 g/mol. The van der Waals surface area contributed by atoms with Crippen LogP contribution in [0, 0.1) is 15.5 Å². The maximum atomic E-state index is 13.4. The van der Waals surface area contributed by atoms with Crippen molar-refractivity contribution in [1.29, 1.82) is 0 Å². The van der Waals surface area contributed by atoms with Gasteiger partial charge in [-0.1, -0.05) is 19.9 Å². The number of esters is 1. The van der Waals surface area contributed by atoms with Gasteiger partial charge in [0, 0.05) is 41.4 Å². The fraction of sp³-hybridized carbons (Fsp3) is 0.379. The van der Waals surface area contributed by atoms with Gasteiger partial charge >= 0.3 is 5.97 Å². The van der Waals surface area contributed by atoms with Gasteiger partial charge in [-0.05, 0) is 61.1 Å². The first-order valence-corrected chi connectivity index (χ1v) is 12.5. The predicted molar refractivity (Wildman–Crippen MR) is 141 cm³/mol. The van der Waals surface area contributed by atoms with Crippen molar-refractivity contribution in [2.45, 2.75) is 53.1 Å². The molecule has 9 nitrogen and oxygen atoms in total. The van der Waals surface area contributed by atoms with Gasteiger partial charge in [-0.2, -0.15) is 0 Å². The van der Waals surface area contributed by atoms with Crippen LogP contribution in [0.2, 0.25) is 0 Å². The standard InChI is InChI=1S/C29H32N2O7/c1-6-37-28(33)25-17(2)30-21-14-29(3,4)15-22(32)27(21)26(25)19-9-12-23(24(13-19)36-5)38-16-18-7-10-20(11-8-18)31(34)35/h7-13,26,30H,6,14-16H2,1-5H3. The number of allylic oxidation sites excluding steroid dienone is 3. The van der Waals surface area contributed by atoms with Gasteiger partial charge < -0.3 is 19.5 Å². The van der Waals surface area contributed by atoms with Gasteiger partial charge in [0.15, 0.2) is 17.3 Å². The summed E-state index contributed by atoms with van der Waals surface area (Å²) in [7, 11) is 1.52. The number of carbonyl (C=O) groups excluding carboxylic acids is 2. The number of methoxy groups -OCH3 is 1. The molecule has 1 heterocycles. The van der Waals surface area contributed by atoms with Crippen molar-refractivity contribution >= 4 is 17.4 Å². The van der Waals surface area contributed by atoms with Crippen molar-refractivity contribution in [2.75, 3.05) is 13.7 Å². The molecule has 0 saturated carbocycles. The number of carbonyl (C=O) groups is 2. The number of nitro benzene ring substituents is 1. The van der Waals surface area contributed by atoms with Crippen molar-refractivity contribution in [3.05, 3.63) is 86.2 Å². The minimum absolute atomic E-state index is 0.000475. The predicted octanol–water partition coefficient (Wildman–Crippen LogP) is 5.35. The molecule has 1 unspecified atom stereocenters. The summed E-state index contributed by atoms with van der Waals surface area (Å²) in [5.41, 5.74) is 3.77. The van der Waals surface area contributed by atoms with Crippen LogP contribution in [0.1, 0.15) is 57.6 Å². The zero-order valence-corrected chi connectivity index (χ0v) is 22.3. The highest BCUT2D eigenvalue weighted by molar-refractivity contribution is 6.04. The Morgan fingerprint density at radius 2 is 1.84 bits per heavy atom. The lowest BCUT2D eigenvalue weighted by atomic mass is 9.68. The normalized spacial score (nSPS) is 18.4. The first-order valence-electron chi connectivity index (χ1n) is 12.5. The molecule has 1 aliphatic carbocycles. The summed E-state index contributed by atoms with van der Waals surface area (Å²) in [5, 5.41) is 14.2. The number of rotatable bonds is 8. The molecule has 4 rings (SSSR count). The van der Waals surface area contributed by atoms with Gasteiger partial charge in [0.1, 0.15) is 6.61 Å². The highest BCUT2D eigenvalue weighted by Gasteiger charge is 2.43. The summed E-state index contributed by atoms with van der Waals surface area (Å²) in [6, 6.07) is 11.5. The number of benzene rings is 2. The molecule has 0 amide bonds. The molecule has 1 atom stereocenters. The second-order valence-corrected chi connectivity index (χ2v) is 10.3. The van der Waals surface area contributed by atoms with E-state index in [1.165, 1.54) is 19.2 Å². The van der Waals surface area contributed by atoms with E-state index in [1.54, 1.807) is 31.2 Å². The maximum Gasteiger partial charge on any atom is 0.336 e. The Labute approximate surface area is 221 Å². The molecule has 1 N–H and O–H groups in total.